The maximum atomic E-state index is 10.6. The van der Waals surface area contributed by atoms with Gasteiger partial charge in [-0.3, -0.25) is 0 Å². The molecular formula is C16H32O. The van der Waals surface area contributed by atoms with Gasteiger partial charge in [-0.25, -0.2) is 0 Å². The van der Waals surface area contributed by atoms with Crippen LogP contribution in [0.3, 0.4) is 0 Å². The summed E-state index contributed by atoms with van der Waals surface area (Å²) >= 11 is 0. The van der Waals surface area contributed by atoms with Crippen LogP contribution in [0, 0.1) is 35.0 Å². The lowest BCUT2D eigenvalue weighted by molar-refractivity contribution is -0.0747. The summed E-state index contributed by atoms with van der Waals surface area (Å²) in [7, 11) is 0. The monoisotopic (exact) mass is 240 g/mol. The molecule has 0 radical (unpaired) electrons. The molecule has 5 atom stereocenters. The van der Waals surface area contributed by atoms with Gasteiger partial charge in [0, 0.05) is 0 Å². The summed E-state index contributed by atoms with van der Waals surface area (Å²) in [4.78, 5) is 0. The van der Waals surface area contributed by atoms with Crippen molar-refractivity contribution >= 4 is 0 Å². The van der Waals surface area contributed by atoms with E-state index in [1.807, 2.05) is 0 Å². The van der Waals surface area contributed by atoms with Crippen molar-refractivity contribution in [3.63, 3.8) is 0 Å². The third-order valence-corrected chi connectivity index (χ3v) is 4.84. The van der Waals surface area contributed by atoms with Crippen LogP contribution >= 0.6 is 0 Å². The zero-order valence-electron chi connectivity index (χ0n) is 12.8. The van der Waals surface area contributed by atoms with Crippen molar-refractivity contribution in [1.82, 2.24) is 0 Å². The Morgan fingerprint density at radius 1 is 1.18 bits per heavy atom. The first-order valence-corrected chi connectivity index (χ1v) is 7.32. The van der Waals surface area contributed by atoms with Gasteiger partial charge >= 0.3 is 0 Å². The smallest absolute Gasteiger partial charge is 0.0601 e. The average Bonchev–Trinajstić information content (AvgIpc) is 2.16. The second-order valence-corrected chi connectivity index (χ2v) is 7.83. The number of aliphatic hydroxyl groups is 1. The lowest BCUT2D eigenvalue weighted by Gasteiger charge is -2.48. The molecule has 0 heterocycles. The molecule has 5 unspecified atom stereocenters. The van der Waals surface area contributed by atoms with E-state index in [4.69, 9.17) is 0 Å². The molecule has 1 saturated carbocycles. The summed E-state index contributed by atoms with van der Waals surface area (Å²) in [5, 5.41) is 10.6. The van der Waals surface area contributed by atoms with Gasteiger partial charge in [0.1, 0.15) is 0 Å². The highest BCUT2D eigenvalue weighted by Crippen LogP contribution is 2.47. The highest BCUT2D eigenvalue weighted by Gasteiger charge is 2.44. The highest BCUT2D eigenvalue weighted by molar-refractivity contribution is 4.93. The van der Waals surface area contributed by atoms with E-state index >= 15 is 0 Å². The fourth-order valence-electron chi connectivity index (χ4n) is 3.71. The summed E-state index contributed by atoms with van der Waals surface area (Å²) in [6.45, 7) is 16.0. The average molecular weight is 240 g/mol. The molecule has 1 aliphatic rings. The van der Waals surface area contributed by atoms with Gasteiger partial charge < -0.3 is 5.11 Å². The molecular weight excluding hydrogens is 208 g/mol. The minimum Gasteiger partial charge on any atom is -0.393 e. The summed E-state index contributed by atoms with van der Waals surface area (Å²) in [6.07, 6.45) is 2.33. The highest BCUT2D eigenvalue weighted by atomic mass is 16.3. The lowest BCUT2D eigenvalue weighted by atomic mass is 9.59. The Bertz CT molecular complexity index is 238. The molecule has 0 aromatic heterocycles. The molecule has 1 N–H and O–H groups in total. The first-order valence-electron chi connectivity index (χ1n) is 7.32. The maximum absolute atomic E-state index is 10.6. The van der Waals surface area contributed by atoms with Crippen LogP contribution in [-0.2, 0) is 0 Å². The van der Waals surface area contributed by atoms with Crippen LogP contribution in [0.5, 0.6) is 0 Å². The molecule has 1 fully saturated rings. The summed E-state index contributed by atoms with van der Waals surface area (Å²) < 4.78 is 0. The second kappa shape index (κ2) is 5.30. The first kappa shape index (κ1) is 15.0. The third kappa shape index (κ3) is 3.47. The lowest BCUT2D eigenvalue weighted by Crippen LogP contribution is -2.46. The molecule has 0 saturated heterocycles. The number of rotatable bonds is 2. The van der Waals surface area contributed by atoms with Crippen LogP contribution in [0.2, 0.25) is 0 Å². The molecule has 1 heteroatoms. The van der Waals surface area contributed by atoms with E-state index in [2.05, 4.69) is 48.5 Å². The Kier molecular flexibility index (Phi) is 4.68. The predicted octanol–water partition coefficient (Wildman–Crippen LogP) is 4.35. The molecule has 0 aliphatic heterocycles. The van der Waals surface area contributed by atoms with E-state index in [0.29, 0.717) is 17.8 Å². The Hall–Kier alpha value is -0.0400. The van der Waals surface area contributed by atoms with Crippen molar-refractivity contribution in [2.24, 2.45) is 35.0 Å². The van der Waals surface area contributed by atoms with E-state index in [0.717, 1.165) is 11.8 Å². The molecule has 102 valence electrons. The molecule has 0 bridgehead atoms. The Morgan fingerprint density at radius 2 is 1.71 bits per heavy atom. The Labute approximate surface area is 108 Å². The molecule has 1 rings (SSSR count). The molecule has 1 aliphatic carbocycles. The minimum atomic E-state index is -0.116. The fourth-order valence-corrected chi connectivity index (χ4v) is 3.71. The van der Waals surface area contributed by atoms with Crippen LogP contribution in [0.1, 0.15) is 61.3 Å². The Balaban J connectivity index is 2.80. The van der Waals surface area contributed by atoms with Crippen LogP contribution in [-0.4, -0.2) is 11.2 Å². The van der Waals surface area contributed by atoms with Gasteiger partial charge in [-0.05, 0) is 47.8 Å². The van der Waals surface area contributed by atoms with Crippen LogP contribution < -0.4 is 0 Å². The molecule has 17 heavy (non-hydrogen) atoms. The third-order valence-electron chi connectivity index (χ3n) is 4.84. The number of hydrogen-bond donors (Lipinski definition) is 1. The van der Waals surface area contributed by atoms with E-state index in [1.165, 1.54) is 12.8 Å². The second-order valence-electron chi connectivity index (χ2n) is 7.83. The quantitative estimate of drug-likeness (QED) is 0.761. The topological polar surface area (TPSA) is 20.2 Å². The Morgan fingerprint density at radius 3 is 2.12 bits per heavy atom. The largest absolute Gasteiger partial charge is 0.393 e. The number of aliphatic hydroxyl groups excluding tert-OH is 1. The van der Waals surface area contributed by atoms with Crippen molar-refractivity contribution in [3.8, 4) is 0 Å². The minimum absolute atomic E-state index is 0.116. The zero-order valence-corrected chi connectivity index (χ0v) is 12.8. The van der Waals surface area contributed by atoms with Crippen molar-refractivity contribution < 1.29 is 5.11 Å². The van der Waals surface area contributed by atoms with Gasteiger partial charge in [0.05, 0.1) is 6.10 Å². The predicted molar refractivity (Wildman–Crippen MR) is 74.8 cm³/mol. The van der Waals surface area contributed by atoms with E-state index in [1.54, 1.807) is 0 Å². The molecule has 0 aromatic rings. The number of hydrogen-bond acceptors (Lipinski definition) is 1. The van der Waals surface area contributed by atoms with Gasteiger partial charge in [-0.1, -0.05) is 48.5 Å². The zero-order chi connectivity index (χ0) is 13.4. The molecule has 0 amide bonds. The van der Waals surface area contributed by atoms with E-state index in [-0.39, 0.29) is 11.5 Å². The maximum Gasteiger partial charge on any atom is 0.0601 e. The standard InChI is InChI=1S/C16H32O/c1-10(2)8-13-11(3)9-14(16(5,6)7)15(17)12(13)4/h10-15,17H,8-9H2,1-7H3. The first-order chi connectivity index (χ1) is 7.64. The fraction of sp³-hybridized carbons (Fsp3) is 1.00. The molecule has 0 aromatic carbocycles. The molecule has 0 spiro atoms. The van der Waals surface area contributed by atoms with E-state index in [9.17, 15) is 5.11 Å². The van der Waals surface area contributed by atoms with Gasteiger partial charge in [-0.15, -0.1) is 0 Å². The van der Waals surface area contributed by atoms with Gasteiger partial charge in [0.25, 0.3) is 0 Å². The van der Waals surface area contributed by atoms with Crippen LogP contribution in [0.25, 0.3) is 0 Å². The van der Waals surface area contributed by atoms with Crippen molar-refractivity contribution in [1.29, 1.82) is 0 Å². The van der Waals surface area contributed by atoms with Gasteiger partial charge in [-0.2, -0.15) is 0 Å². The van der Waals surface area contributed by atoms with Crippen molar-refractivity contribution in [2.45, 2.75) is 67.4 Å². The molecule has 1 nitrogen and oxygen atoms in total. The van der Waals surface area contributed by atoms with Crippen LogP contribution in [0.4, 0.5) is 0 Å². The van der Waals surface area contributed by atoms with E-state index < -0.39 is 0 Å². The van der Waals surface area contributed by atoms with Gasteiger partial charge in [0.2, 0.25) is 0 Å². The summed E-state index contributed by atoms with van der Waals surface area (Å²) in [5.74, 6) is 3.09. The van der Waals surface area contributed by atoms with Crippen LogP contribution in [0.15, 0.2) is 0 Å². The normalized spacial score (nSPS) is 39.7. The van der Waals surface area contributed by atoms with Crippen molar-refractivity contribution in [2.75, 3.05) is 0 Å². The SMILES string of the molecule is CC(C)CC1C(C)CC(C(C)(C)C)C(O)C1C. The van der Waals surface area contributed by atoms with Crippen molar-refractivity contribution in [3.05, 3.63) is 0 Å². The summed E-state index contributed by atoms with van der Waals surface area (Å²) in [6, 6.07) is 0. The summed E-state index contributed by atoms with van der Waals surface area (Å²) in [5.41, 5.74) is 0.227. The van der Waals surface area contributed by atoms with Gasteiger partial charge in [0.15, 0.2) is 0 Å².